The van der Waals surface area contributed by atoms with Crippen molar-refractivity contribution in [3.63, 3.8) is 0 Å². The molecule has 1 aliphatic carbocycles. The lowest BCUT2D eigenvalue weighted by atomic mass is 9.91. The highest BCUT2D eigenvalue weighted by Crippen LogP contribution is 2.24. The average Bonchev–Trinajstić information content (AvgIpc) is 2.76. The second-order valence-electron chi connectivity index (χ2n) is 8.18. The van der Waals surface area contributed by atoms with Gasteiger partial charge in [-0.05, 0) is 56.0 Å². The minimum absolute atomic E-state index is 0.123. The highest BCUT2D eigenvalue weighted by atomic mass is 79.9. The number of amides is 1. The lowest BCUT2D eigenvalue weighted by Crippen LogP contribution is -2.42. The number of carbonyl (C=O) groups excluding carboxylic acids is 1. The molecule has 4 N–H and O–H groups in total. The van der Waals surface area contributed by atoms with Crippen LogP contribution in [0.2, 0.25) is 5.02 Å². The smallest absolute Gasteiger partial charge is 0.253 e. The topological polar surface area (TPSA) is 80.2 Å². The average molecular weight is 519 g/mol. The Morgan fingerprint density at radius 3 is 2.34 bits per heavy atom. The van der Waals surface area contributed by atoms with Gasteiger partial charge in [-0.1, -0.05) is 46.2 Å². The van der Waals surface area contributed by atoms with Crippen molar-refractivity contribution < 1.29 is 4.79 Å². The molecule has 3 rings (SSSR count). The molecule has 1 aliphatic rings. The van der Waals surface area contributed by atoms with Gasteiger partial charge in [0.15, 0.2) is 0 Å². The van der Waals surface area contributed by atoms with Crippen LogP contribution in [0.1, 0.15) is 41.6 Å². The molecule has 0 bridgehead atoms. The quantitative estimate of drug-likeness (QED) is 0.300. The second kappa shape index (κ2) is 10.9. The van der Waals surface area contributed by atoms with Crippen molar-refractivity contribution in [2.24, 2.45) is 0 Å². The summed E-state index contributed by atoms with van der Waals surface area (Å²) in [7, 11) is 3.71. The molecule has 8 heteroatoms. The van der Waals surface area contributed by atoms with Gasteiger partial charge >= 0.3 is 0 Å². The monoisotopic (exact) mass is 517 g/mol. The zero-order chi connectivity index (χ0) is 23.3. The van der Waals surface area contributed by atoms with Crippen LogP contribution < -0.4 is 16.0 Å². The molecule has 0 unspecified atom stereocenters. The summed E-state index contributed by atoms with van der Waals surface area (Å²) in [5, 5.41) is 18.6. The summed E-state index contributed by atoms with van der Waals surface area (Å²) in [6.07, 6.45) is 3.61. The van der Waals surface area contributed by atoms with Crippen LogP contribution in [-0.4, -0.2) is 42.8 Å². The van der Waals surface area contributed by atoms with Crippen molar-refractivity contribution in [1.82, 2.24) is 15.5 Å². The minimum atomic E-state index is -0.140. The largest absolute Gasteiger partial charge is 0.369 e. The lowest BCUT2D eigenvalue weighted by molar-refractivity contribution is 0.0925. The van der Waals surface area contributed by atoms with E-state index < -0.39 is 0 Å². The molecule has 170 valence electrons. The maximum Gasteiger partial charge on any atom is 0.253 e. The highest BCUT2D eigenvalue weighted by Gasteiger charge is 2.24. The van der Waals surface area contributed by atoms with Gasteiger partial charge in [-0.2, -0.15) is 0 Å². The van der Waals surface area contributed by atoms with Gasteiger partial charge in [0.05, 0.1) is 22.1 Å². The molecule has 1 amide bonds. The first-order valence-electron chi connectivity index (χ1n) is 10.6. The number of rotatable bonds is 7. The first-order valence-corrected chi connectivity index (χ1v) is 11.8. The Morgan fingerprint density at radius 1 is 1.06 bits per heavy atom. The van der Waals surface area contributed by atoms with Gasteiger partial charge in [-0.25, -0.2) is 0 Å². The molecule has 0 spiro atoms. The van der Waals surface area contributed by atoms with Crippen LogP contribution in [0.15, 0.2) is 59.3 Å². The van der Waals surface area contributed by atoms with Gasteiger partial charge in [0.1, 0.15) is 5.84 Å². The Hall–Kier alpha value is -2.51. The van der Waals surface area contributed by atoms with Crippen molar-refractivity contribution in [2.45, 2.75) is 37.8 Å². The third kappa shape index (κ3) is 6.26. The Morgan fingerprint density at radius 2 is 1.69 bits per heavy atom. The van der Waals surface area contributed by atoms with E-state index in [9.17, 15) is 4.79 Å². The molecule has 0 heterocycles. The highest BCUT2D eigenvalue weighted by molar-refractivity contribution is 9.10. The number of nitrogens with zero attached hydrogens (tertiary/aromatic N) is 1. The minimum Gasteiger partial charge on any atom is -0.369 e. The van der Waals surface area contributed by atoms with Crippen LogP contribution in [0, 0.1) is 5.41 Å². The van der Waals surface area contributed by atoms with E-state index in [2.05, 4.69) is 38.5 Å². The van der Waals surface area contributed by atoms with E-state index in [1.54, 1.807) is 17.0 Å². The number of benzene rings is 2. The van der Waals surface area contributed by atoms with Gasteiger partial charge in [0.2, 0.25) is 0 Å². The zero-order valence-electron chi connectivity index (χ0n) is 18.3. The first-order chi connectivity index (χ1) is 15.2. The van der Waals surface area contributed by atoms with Crippen molar-refractivity contribution >= 4 is 45.0 Å². The predicted octanol–water partition coefficient (Wildman–Crippen LogP) is 5.20. The van der Waals surface area contributed by atoms with Crippen molar-refractivity contribution in [3.8, 4) is 0 Å². The standard InChI is InChI=1S/C24H29BrClN5O/c1-15(29-22-7-5-4-6-19(22)23(27)31(2)3)28-17-9-11-18(12-10-17)30-24(32)20-14-16(25)8-13-21(20)26/h4-8,13-14,17-18,27-29H,1,9-12H2,2-3H3,(H,30,32). The molecule has 0 atom stereocenters. The zero-order valence-corrected chi connectivity index (χ0v) is 20.7. The number of hydrogen-bond acceptors (Lipinski definition) is 4. The Kier molecular flexibility index (Phi) is 8.21. The molecule has 0 aliphatic heterocycles. The SMILES string of the molecule is C=C(Nc1ccccc1C(=N)N(C)C)NC1CCC(NC(=O)c2cc(Br)ccc2Cl)CC1. The van der Waals surface area contributed by atoms with Crippen LogP contribution in [0.25, 0.3) is 0 Å². The van der Waals surface area contributed by atoms with Crippen LogP contribution in [-0.2, 0) is 0 Å². The summed E-state index contributed by atoms with van der Waals surface area (Å²) in [5.74, 6) is 0.999. The summed E-state index contributed by atoms with van der Waals surface area (Å²) in [6, 6.07) is 13.4. The molecule has 2 aromatic carbocycles. The Bertz CT molecular complexity index is 1000. The summed E-state index contributed by atoms with van der Waals surface area (Å²) >= 11 is 9.57. The lowest BCUT2D eigenvalue weighted by Gasteiger charge is -2.31. The van der Waals surface area contributed by atoms with Gasteiger partial charge in [0.25, 0.3) is 5.91 Å². The number of anilines is 1. The van der Waals surface area contributed by atoms with E-state index in [1.807, 2.05) is 44.4 Å². The third-order valence-electron chi connectivity index (χ3n) is 5.53. The molecule has 0 aromatic heterocycles. The molecule has 6 nitrogen and oxygen atoms in total. The number of amidine groups is 1. The van der Waals surface area contributed by atoms with Crippen LogP contribution in [0.5, 0.6) is 0 Å². The summed E-state index contributed by atoms with van der Waals surface area (Å²) in [5.41, 5.74) is 2.15. The van der Waals surface area contributed by atoms with Crippen molar-refractivity contribution in [3.05, 3.63) is 75.5 Å². The molecule has 32 heavy (non-hydrogen) atoms. The van der Waals surface area contributed by atoms with Gasteiger partial charge in [0, 0.05) is 36.2 Å². The number of carbonyl (C=O) groups is 1. The van der Waals surface area contributed by atoms with Crippen LogP contribution in [0.4, 0.5) is 5.69 Å². The maximum absolute atomic E-state index is 12.6. The molecule has 1 fully saturated rings. The summed E-state index contributed by atoms with van der Waals surface area (Å²) < 4.78 is 0.827. The summed E-state index contributed by atoms with van der Waals surface area (Å²) in [4.78, 5) is 14.4. The van der Waals surface area contributed by atoms with E-state index in [0.717, 1.165) is 41.4 Å². The normalized spacial score (nSPS) is 17.9. The fraction of sp³-hybridized carbons (Fsp3) is 0.333. The first kappa shape index (κ1) is 24.1. The number of hydrogen-bond donors (Lipinski definition) is 4. The summed E-state index contributed by atoms with van der Waals surface area (Å²) in [6.45, 7) is 4.12. The van der Waals surface area contributed by atoms with Crippen molar-refractivity contribution in [1.29, 1.82) is 5.41 Å². The fourth-order valence-corrected chi connectivity index (χ4v) is 4.37. The molecular formula is C24H29BrClN5O. The predicted molar refractivity (Wildman–Crippen MR) is 136 cm³/mol. The maximum atomic E-state index is 12.6. The molecule has 0 saturated heterocycles. The van der Waals surface area contributed by atoms with Gasteiger partial charge in [-0.15, -0.1) is 0 Å². The second-order valence-corrected chi connectivity index (χ2v) is 9.51. The fourth-order valence-electron chi connectivity index (χ4n) is 3.80. The third-order valence-corrected chi connectivity index (χ3v) is 6.35. The van der Waals surface area contributed by atoms with Crippen LogP contribution >= 0.6 is 27.5 Å². The number of para-hydroxylation sites is 1. The van der Waals surface area contributed by atoms with E-state index >= 15 is 0 Å². The van der Waals surface area contributed by atoms with Gasteiger partial charge in [-0.3, -0.25) is 10.2 Å². The molecular weight excluding hydrogens is 490 g/mol. The van der Waals surface area contributed by atoms with Crippen molar-refractivity contribution in [2.75, 3.05) is 19.4 Å². The Balaban J connectivity index is 1.50. The number of halogens is 2. The number of nitrogens with one attached hydrogen (secondary N) is 4. The molecule has 2 aromatic rings. The van der Waals surface area contributed by atoms with E-state index in [-0.39, 0.29) is 18.0 Å². The van der Waals surface area contributed by atoms with E-state index in [1.165, 1.54) is 0 Å². The van der Waals surface area contributed by atoms with E-state index in [0.29, 0.717) is 22.2 Å². The molecule has 1 saturated carbocycles. The Labute approximate surface area is 203 Å². The molecule has 0 radical (unpaired) electrons. The van der Waals surface area contributed by atoms with E-state index in [4.69, 9.17) is 17.0 Å². The van der Waals surface area contributed by atoms with Gasteiger partial charge < -0.3 is 20.9 Å². The van der Waals surface area contributed by atoms with Crippen LogP contribution in [0.3, 0.4) is 0 Å².